The summed E-state index contributed by atoms with van der Waals surface area (Å²) in [7, 11) is 1.30. The first-order valence-corrected chi connectivity index (χ1v) is 8.31. The van der Waals surface area contributed by atoms with Gasteiger partial charge in [-0.25, -0.2) is 4.79 Å². The lowest BCUT2D eigenvalue weighted by Crippen LogP contribution is -2.21. The van der Waals surface area contributed by atoms with E-state index in [1.807, 2.05) is 0 Å². The fourth-order valence-electron chi connectivity index (χ4n) is 3.04. The Bertz CT molecular complexity index is 1020. The van der Waals surface area contributed by atoms with Gasteiger partial charge < -0.3 is 18.6 Å². The van der Waals surface area contributed by atoms with E-state index in [4.69, 9.17) is 14.0 Å². The molecule has 1 aliphatic heterocycles. The van der Waals surface area contributed by atoms with Crippen molar-refractivity contribution >= 4 is 16.7 Å². The number of hydrogen-bond acceptors (Lipinski definition) is 7. The highest BCUT2D eigenvalue weighted by molar-refractivity contribution is 5.95. The number of aromatic nitrogens is 3. The van der Waals surface area contributed by atoms with Crippen LogP contribution >= 0.6 is 0 Å². The molecule has 1 saturated heterocycles. The summed E-state index contributed by atoms with van der Waals surface area (Å²) < 4.78 is 17.0. The van der Waals surface area contributed by atoms with Crippen molar-refractivity contribution in [1.29, 1.82) is 0 Å². The second kappa shape index (κ2) is 6.72. The first-order valence-electron chi connectivity index (χ1n) is 8.31. The van der Waals surface area contributed by atoms with Crippen molar-refractivity contribution in [2.24, 2.45) is 0 Å². The maximum atomic E-state index is 12.8. The van der Waals surface area contributed by atoms with E-state index >= 15 is 0 Å². The van der Waals surface area contributed by atoms with E-state index in [0.29, 0.717) is 29.3 Å². The number of ether oxygens (including phenoxy) is 2. The summed E-state index contributed by atoms with van der Waals surface area (Å²) in [5, 5.41) is 5.11. The van der Waals surface area contributed by atoms with Crippen LogP contribution in [-0.2, 0) is 16.0 Å². The number of methoxy groups -OCH3 is 1. The minimum atomic E-state index is -0.485. The van der Waals surface area contributed by atoms with Crippen molar-refractivity contribution < 1.29 is 18.8 Å². The first kappa shape index (κ1) is 16.5. The lowest BCUT2D eigenvalue weighted by molar-refractivity contribution is 0.0601. The molecule has 8 nitrogen and oxygen atoms in total. The van der Waals surface area contributed by atoms with Gasteiger partial charge in [-0.05, 0) is 36.4 Å². The highest BCUT2D eigenvalue weighted by Crippen LogP contribution is 2.26. The van der Waals surface area contributed by atoms with Gasteiger partial charge in [0.2, 0.25) is 0 Å². The number of rotatable bonds is 4. The van der Waals surface area contributed by atoms with Crippen molar-refractivity contribution in [3.63, 3.8) is 0 Å². The Kier molecular flexibility index (Phi) is 4.26. The third kappa shape index (κ3) is 2.99. The van der Waals surface area contributed by atoms with Gasteiger partial charge in [0.15, 0.2) is 5.82 Å². The number of fused-ring (bicyclic) bond motifs is 1. The highest BCUT2D eigenvalue weighted by Gasteiger charge is 2.24. The molecule has 3 heterocycles. The van der Waals surface area contributed by atoms with E-state index in [2.05, 4.69) is 10.1 Å². The molecule has 1 fully saturated rings. The monoisotopic (exact) mass is 355 g/mol. The number of esters is 1. The molecule has 8 heteroatoms. The van der Waals surface area contributed by atoms with Crippen LogP contribution in [0.15, 0.2) is 39.8 Å². The minimum Gasteiger partial charge on any atom is -0.465 e. The van der Waals surface area contributed by atoms with E-state index in [1.165, 1.54) is 17.7 Å². The topological polar surface area (TPSA) is 96.5 Å². The lowest BCUT2D eigenvalue weighted by atomic mass is 10.1. The predicted octanol–water partition coefficient (Wildman–Crippen LogP) is 2.07. The summed E-state index contributed by atoms with van der Waals surface area (Å²) in [6, 6.07) is 6.69. The molecule has 0 radical (unpaired) electrons. The number of benzene rings is 1. The standard InChI is InChI=1S/C18H17N3O5/c1-24-18(23)12-5-4-11-6-7-21(17(22)13(11)9-12)10-15-19-16(26-20-15)14-3-2-8-25-14/h4-7,9,14H,2-3,8,10H2,1H3. The SMILES string of the molecule is COC(=O)c1ccc2ccn(Cc3noc(C4CCCO4)n3)c(=O)c2c1. The molecule has 1 aliphatic rings. The number of carbonyl (C=O) groups excluding carboxylic acids is 1. The Morgan fingerprint density at radius 3 is 3.04 bits per heavy atom. The predicted molar refractivity (Wildman–Crippen MR) is 90.9 cm³/mol. The number of nitrogens with zero attached hydrogens (tertiary/aromatic N) is 3. The largest absolute Gasteiger partial charge is 0.465 e. The quantitative estimate of drug-likeness (QED) is 0.661. The molecule has 1 aromatic carbocycles. The second-order valence-electron chi connectivity index (χ2n) is 6.09. The molecule has 1 atom stereocenters. The van der Waals surface area contributed by atoms with Crippen molar-refractivity contribution in [2.45, 2.75) is 25.5 Å². The molecule has 0 saturated carbocycles. The first-order chi connectivity index (χ1) is 12.7. The van der Waals surface area contributed by atoms with Gasteiger partial charge in [-0.1, -0.05) is 11.2 Å². The number of carbonyl (C=O) groups is 1. The molecule has 26 heavy (non-hydrogen) atoms. The summed E-state index contributed by atoms with van der Waals surface area (Å²) in [6.07, 6.45) is 3.33. The van der Waals surface area contributed by atoms with Gasteiger partial charge in [0, 0.05) is 18.2 Å². The average Bonchev–Trinajstić information content (AvgIpc) is 3.35. The van der Waals surface area contributed by atoms with Crippen LogP contribution < -0.4 is 5.56 Å². The second-order valence-corrected chi connectivity index (χ2v) is 6.09. The Labute approximate surface area is 148 Å². The molecule has 2 aromatic heterocycles. The summed E-state index contributed by atoms with van der Waals surface area (Å²) in [6.45, 7) is 0.864. The van der Waals surface area contributed by atoms with Crippen LogP contribution in [-0.4, -0.2) is 34.4 Å². The van der Waals surface area contributed by atoms with Gasteiger partial charge in [0.25, 0.3) is 11.4 Å². The van der Waals surface area contributed by atoms with Crippen molar-refractivity contribution in [2.75, 3.05) is 13.7 Å². The van der Waals surface area contributed by atoms with Gasteiger partial charge in [-0.3, -0.25) is 4.79 Å². The van der Waals surface area contributed by atoms with Crippen LogP contribution in [0.3, 0.4) is 0 Å². The Balaban J connectivity index is 1.65. The fourth-order valence-corrected chi connectivity index (χ4v) is 3.04. The van der Waals surface area contributed by atoms with E-state index in [9.17, 15) is 9.59 Å². The third-order valence-corrected chi connectivity index (χ3v) is 4.40. The van der Waals surface area contributed by atoms with E-state index in [-0.39, 0.29) is 18.2 Å². The average molecular weight is 355 g/mol. The Hall–Kier alpha value is -3.00. The molecule has 3 aromatic rings. The molecule has 0 bridgehead atoms. The van der Waals surface area contributed by atoms with Crippen LogP contribution in [0.1, 0.15) is 41.0 Å². The molecule has 0 aliphatic carbocycles. The maximum Gasteiger partial charge on any atom is 0.337 e. The normalized spacial score (nSPS) is 16.9. The van der Waals surface area contributed by atoms with Crippen molar-refractivity contribution in [1.82, 2.24) is 14.7 Å². The molecule has 134 valence electrons. The zero-order valence-corrected chi connectivity index (χ0v) is 14.2. The molecule has 1 unspecified atom stereocenters. The van der Waals surface area contributed by atoms with Gasteiger partial charge in [-0.15, -0.1) is 0 Å². The van der Waals surface area contributed by atoms with Gasteiger partial charge in [0.05, 0.1) is 19.2 Å². The highest BCUT2D eigenvalue weighted by atomic mass is 16.5. The Morgan fingerprint density at radius 2 is 2.27 bits per heavy atom. The van der Waals surface area contributed by atoms with Gasteiger partial charge in [0.1, 0.15) is 6.10 Å². The van der Waals surface area contributed by atoms with Crippen molar-refractivity contribution in [3.05, 3.63) is 58.1 Å². The third-order valence-electron chi connectivity index (χ3n) is 4.40. The smallest absolute Gasteiger partial charge is 0.337 e. The van der Waals surface area contributed by atoms with E-state index < -0.39 is 5.97 Å². The summed E-state index contributed by atoms with van der Waals surface area (Å²) in [5.74, 6) is 0.362. The van der Waals surface area contributed by atoms with Crippen LogP contribution in [0.25, 0.3) is 10.8 Å². The zero-order valence-electron chi connectivity index (χ0n) is 14.2. The van der Waals surface area contributed by atoms with E-state index in [0.717, 1.165) is 18.2 Å². The fraction of sp³-hybridized carbons (Fsp3) is 0.333. The van der Waals surface area contributed by atoms with Crippen LogP contribution in [0.4, 0.5) is 0 Å². The van der Waals surface area contributed by atoms with Crippen LogP contribution in [0, 0.1) is 0 Å². The molecular formula is C18H17N3O5. The molecule has 0 amide bonds. The van der Waals surface area contributed by atoms with Crippen LogP contribution in [0.2, 0.25) is 0 Å². The molecule has 4 rings (SSSR count). The zero-order chi connectivity index (χ0) is 18.1. The summed E-state index contributed by atoms with van der Waals surface area (Å²) in [4.78, 5) is 28.8. The number of pyridine rings is 1. The number of hydrogen-bond donors (Lipinski definition) is 0. The van der Waals surface area contributed by atoms with Gasteiger partial charge >= 0.3 is 5.97 Å². The molecular weight excluding hydrogens is 338 g/mol. The van der Waals surface area contributed by atoms with Crippen molar-refractivity contribution in [3.8, 4) is 0 Å². The minimum absolute atomic E-state index is 0.160. The Morgan fingerprint density at radius 1 is 1.38 bits per heavy atom. The maximum absolute atomic E-state index is 12.8. The molecule has 0 N–H and O–H groups in total. The van der Waals surface area contributed by atoms with Gasteiger partial charge in [-0.2, -0.15) is 4.98 Å². The summed E-state index contributed by atoms with van der Waals surface area (Å²) >= 11 is 0. The van der Waals surface area contributed by atoms with E-state index in [1.54, 1.807) is 24.4 Å². The van der Waals surface area contributed by atoms with Crippen LogP contribution in [0.5, 0.6) is 0 Å². The summed E-state index contributed by atoms with van der Waals surface area (Å²) in [5.41, 5.74) is 0.0896. The molecule has 0 spiro atoms. The lowest BCUT2D eigenvalue weighted by Gasteiger charge is -2.06.